The van der Waals surface area contributed by atoms with Gasteiger partial charge in [-0.05, 0) is 58.5 Å². The summed E-state index contributed by atoms with van der Waals surface area (Å²) in [5.74, 6) is 0.253. The zero-order chi connectivity index (χ0) is 29.7. The fourth-order valence-electron chi connectivity index (χ4n) is 5.00. The Kier molecular flexibility index (Phi) is 11.8. The van der Waals surface area contributed by atoms with E-state index >= 15 is 0 Å². The first-order valence-corrected chi connectivity index (χ1v) is 15.2. The summed E-state index contributed by atoms with van der Waals surface area (Å²) < 4.78 is 13.5. The number of aromatic nitrogens is 1. The maximum Gasteiger partial charge on any atom is 0.409 e. The van der Waals surface area contributed by atoms with Crippen LogP contribution in [0.25, 0.3) is 0 Å². The van der Waals surface area contributed by atoms with E-state index in [1.165, 1.54) is 5.56 Å². The molecular formula is C32H38BrN4O5+. The molecule has 3 amide bonds. The van der Waals surface area contributed by atoms with Crippen LogP contribution in [0.1, 0.15) is 48.0 Å². The van der Waals surface area contributed by atoms with Gasteiger partial charge < -0.3 is 24.6 Å². The number of nitrogens with one attached hydrogen (secondary N) is 1. The van der Waals surface area contributed by atoms with Crippen LogP contribution in [0.5, 0.6) is 0 Å². The number of benzene rings is 2. The summed E-state index contributed by atoms with van der Waals surface area (Å²) in [7, 11) is 0. The van der Waals surface area contributed by atoms with Crippen LogP contribution in [0, 0.1) is 0 Å². The van der Waals surface area contributed by atoms with Gasteiger partial charge in [-0.2, -0.15) is 0 Å². The van der Waals surface area contributed by atoms with Gasteiger partial charge in [-0.1, -0.05) is 55.5 Å². The highest BCUT2D eigenvalue weighted by atomic mass is 79.9. The third-order valence-electron chi connectivity index (χ3n) is 7.10. The lowest BCUT2D eigenvalue weighted by atomic mass is 9.90. The number of rotatable bonds is 11. The topological polar surface area (TPSA) is 92.1 Å². The Bertz CT molecular complexity index is 1320. The zero-order valence-corrected chi connectivity index (χ0v) is 25.5. The number of para-hydroxylation sites is 1. The molecule has 10 heteroatoms. The Balaban J connectivity index is 1.20. The maximum atomic E-state index is 13.5. The number of hydrogen-bond donors (Lipinski definition) is 1. The molecule has 1 aliphatic heterocycles. The third kappa shape index (κ3) is 9.04. The summed E-state index contributed by atoms with van der Waals surface area (Å²) in [4.78, 5) is 41.5. The Morgan fingerprint density at radius 2 is 1.67 bits per heavy atom. The van der Waals surface area contributed by atoms with Crippen molar-refractivity contribution < 1.29 is 28.4 Å². The molecule has 0 atom stereocenters. The van der Waals surface area contributed by atoms with Crippen molar-refractivity contribution in [1.29, 1.82) is 0 Å². The first kappa shape index (κ1) is 31.0. The van der Waals surface area contributed by atoms with Crippen LogP contribution in [0.2, 0.25) is 0 Å². The number of likely N-dealkylation sites (tertiary alicyclic amines) is 1. The van der Waals surface area contributed by atoms with Gasteiger partial charge in [-0.25, -0.2) is 14.2 Å². The Morgan fingerprint density at radius 3 is 2.36 bits per heavy atom. The summed E-state index contributed by atoms with van der Waals surface area (Å²) in [6, 6.07) is 21.4. The van der Waals surface area contributed by atoms with Gasteiger partial charge in [-0.3, -0.25) is 4.79 Å². The number of carbonyl (C=O) groups is 3. The molecule has 0 bridgehead atoms. The van der Waals surface area contributed by atoms with E-state index in [-0.39, 0.29) is 38.3 Å². The largest absolute Gasteiger partial charge is 0.448 e. The van der Waals surface area contributed by atoms with Crippen molar-refractivity contribution in [3.63, 3.8) is 0 Å². The fraction of sp³-hybridized carbons (Fsp3) is 0.375. The van der Waals surface area contributed by atoms with E-state index in [9.17, 15) is 14.4 Å². The molecule has 0 aliphatic carbocycles. The van der Waals surface area contributed by atoms with Gasteiger partial charge in [0.05, 0.1) is 17.6 Å². The normalized spacial score (nSPS) is 13.3. The minimum atomic E-state index is -0.640. The lowest BCUT2D eigenvalue weighted by molar-refractivity contribution is -0.697. The minimum absolute atomic E-state index is 0.00836. The van der Waals surface area contributed by atoms with Gasteiger partial charge in [0.25, 0.3) is 5.91 Å². The number of halogens is 1. The van der Waals surface area contributed by atoms with Crippen molar-refractivity contribution in [3.05, 3.63) is 94.7 Å². The van der Waals surface area contributed by atoms with Crippen molar-refractivity contribution in [2.24, 2.45) is 0 Å². The smallest absolute Gasteiger partial charge is 0.409 e. The summed E-state index contributed by atoms with van der Waals surface area (Å²) in [6.07, 6.45) is 5.48. The molecule has 2 heterocycles. The van der Waals surface area contributed by atoms with Crippen molar-refractivity contribution in [3.8, 4) is 0 Å². The first-order chi connectivity index (χ1) is 20.4. The SMILES string of the molecule is CCC[n+]1cc(Br)cc(C(=O)N(CCOC(=O)NCCOC(=O)N2CCC(c3ccccc3)CC2)c2ccccc2)c1. The molecule has 4 rings (SSSR count). The number of aryl methyl sites for hydroxylation is 1. The summed E-state index contributed by atoms with van der Waals surface area (Å²) in [5, 5.41) is 2.60. The van der Waals surface area contributed by atoms with Crippen molar-refractivity contribution in [2.45, 2.75) is 38.6 Å². The Hall–Kier alpha value is -3.92. The number of amides is 3. The number of carbonyl (C=O) groups excluding carboxylic acids is 3. The van der Waals surface area contributed by atoms with Crippen LogP contribution in [-0.2, 0) is 16.0 Å². The van der Waals surface area contributed by atoms with E-state index in [0.717, 1.165) is 30.3 Å². The maximum absolute atomic E-state index is 13.5. The second kappa shape index (κ2) is 15.9. The zero-order valence-electron chi connectivity index (χ0n) is 23.9. The molecule has 9 nitrogen and oxygen atoms in total. The predicted octanol–water partition coefficient (Wildman–Crippen LogP) is 5.54. The number of pyridine rings is 1. The molecule has 0 saturated carbocycles. The average molecular weight is 639 g/mol. The van der Waals surface area contributed by atoms with E-state index < -0.39 is 6.09 Å². The van der Waals surface area contributed by atoms with Gasteiger partial charge in [0.1, 0.15) is 25.3 Å². The van der Waals surface area contributed by atoms with Gasteiger partial charge in [0.15, 0.2) is 12.4 Å². The van der Waals surface area contributed by atoms with Gasteiger partial charge >= 0.3 is 12.2 Å². The van der Waals surface area contributed by atoms with Crippen molar-refractivity contribution >= 4 is 39.7 Å². The molecule has 1 saturated heterocycles. The van der Waals surface area contributed by atoms with Gasteiger partial charge in [0.2, 0.25) is 0 Å². The van der Waals surface area contributed by atoms with Crippen LogP contribution in [0.4, 0.5) is 15.3 Å². The van der Waals surface area contributed by atoms with Gasteiger partial charge in [0, 0.05) is 25.2 Å². The monoisotopic (exact) mass is 637 g/mol. The van der Waals surface area contributed by atoms with Gasteiger partial charge in [-0.15, -0.1) is 0 Å². The second-order valence-electron chi connectivity index (χ2n) is 10.1. The molecule has 0 unspecified atom stereocenters. The van der Waals surface area contributed by atoms with Crippen LogP contribution >= 0.6 is 15.9 Å². The van der Waals surface area contributed by atoms with E-state index in [1.54, 1.807) is 15.9 Å². The molecule has 0 spiro atoms. The Labute approximate surface area is 255 Å². The van der Waals surface area contributed by atoms with Crippen LogP contribution in [0.15, 0.2) is 83.6 Å². The molecule has 1 aliphatic rings. The number of nitrogens with zero attached hydrogens (tertiary/aromatic N) is 3. The standard InChI is InChI=1S/C32H37BrN4O5/c1-2-16-35-23-27(22-28(33)24-35)30(38)37(29-11-7-4-8-12-29)19-21-41-31(39)34-15-20-42-32(40)36-17-13-26(14-18-36)25-9-5-3-6-10-25/h3-12,22-24,26H,2,13-21H2,1H3/p+1. The van der Waals surface area contributed by atoms with E-state index in [2.05, 4.69) is 40.3 Å². The van der Waals surface area contributed by atoms with Crippen molar-refractivity contribution in [1.82, 2.24) is 10.2 Å². The number of hydrogen-bond acceptors (Lipinski definition) is 5. The molecule has 1 aromatic heterocycles. The Morgan fingerprint density at radius 1 is 0.976 bits per heavy atom. The third-order valence-corrected chi connectivity index (χ3v) is 7.53. The first-order valence-electron chi connectivity index (χ1n) is 14.4. The van der Waals surface area contributed by atoms with E-state index in [4.69, 9.17) is 9.47 Å². The van der Waals surface area contributed by atoms with Crippen LogP contribution < -0.4 is 14.8 Å². The number of anilines is 1. The quantitative estimate of drug-likeness (QED) is 0.220. The molecular weight excluding hydrogens is 600 g/mol. The summed E-state index contributed by atoms with van der Waals surface area (Å²) in [6.45, 7) is 4.48. The van der Waals surface area contributed by atoms with Crippen LogP contribution in [-0.4, -0.2) is 62.4 Å². The lowest BCUT2D eigenvalue weighted by Gasteiger charge is -2.31. The molecule has 2 aromatic carbocycles. The molecule has 3 aromatic rings. The highest BCUT2D eigenvalue weighted by molar-refractivity contribution is 9.10. The average Bonchev–Trinajstić information content (AvgIpc) is 3.02. The minimum Gasteiger partial charge on any atom is -0.448 e. The molecule has 222 valence electrons. The molecule has 0 radical (unpaired) electrons. The fourth-order valence-corrected chi connectivity index (χ4v) is 5.51. The highest BCUT2D eigenvalue weighted by Crippen LogP contribution is 2.28. The van der Waals surface area contributed by atoms with E-state index in [0.29, 0.717) is 30.3 Å². The molecule has 1 fully saturated rings. The number of ether oxygens (including phenoxy) is 2. The second-order valence-corrected chi connectivity index (χ2v) is 11.0. The summed E-state index contributed by atoms with van der Waals surface area (Å²) in [5.41, 5.74) is 2.53. The van der Waals surface area contributed by atoms with Crippen molar-refractivity contribution in [2.75, 3.05) is 44.3 Å². The number of piperidine rings is 1. The predicted molar refractivity (Wildman–Crippen MR) is 163 cm³/mol. The highest BCUT2D eigenvalue weighted by Gasteiger charge is 2.25. The lowest BCUT2D eigenvalue weighted by Crippen LogP contribution is -2.40. The summed E-state index contributed by atoms with van der Waals surface area (Å²) >= 11 is 3.50. The molecule has 42 heavy (non-hydrogen) atoms. The van der Waals surface area contributed by atoms with E-state index in [1.807, 2.05) is 65.5 Å². The van der Waals surface area contributed by atoms with Crippen LogP contribution in [0.3, 0.4) is 0 Å². The number of alkyl carbamates (subject to hydrolysis) is 1. The molecule has 1 N–H and O–H groups in total.